The molecule has 0 aliphatic rings. The number of rotatable bonds is 4. The first-order valence-electron chi connectivity index (χ1n) is 5.15. The Bertz CT molecular complexity index is 423. The molecule has 2 atom stereocenters. The Morgan fingerprint density at radius 3 is 1.47 bits per heavy atom. The smallest absolute Gasteiger partial charge is 0.335 e. The van der Waals surface area contributed by atoms with Gasteiger partial charge >= 0.3 is 11.9 Å². The molecule has 0 aliphatic carbocycles. The van der Waals surface area contributed by atoms with Crippen molar-refractivity contribution in [2.45, 2.75) is 19.1 Å². The minimum absolute atomic E-state index is 0.121. The Kier molecular flexibility index (Phi) is 7.02. The highest BCUT2D eigenvalue weighted by Gasteiger charge is 2.29. The molecule has 0 radical (unpaired) electrons. The summed E-state index contributed by atoms with van der Waals surface area (Å²) in [6, 6.07) is 9.23. The van der Waals surface area contributed by atoms with E-state index in [2.05, 4.69) is 0 Å². The fourth-order valence-electron chi connectivity index (χ4n) is 0.943. The Hall–Kier alpha value is -2.25. The van der Waals surface area contributed by atoms with Gasteiger partial charge < -0.3 is 20.4 Å². The summed E-state index contributed by atoms with van der Waals surface area (Å²) in [5.41, 5.74) is 0.775. The lowest BCUT2D eigenvalue weighted by Crippen LogP contribution is -2.39. The highest BCUT2D eigenvalue weighted by molar-refractivity contribution is 5.93. The van der Waals surface area contributed by atoms with Crippen LogP contribution >= 0.6 is 0 Å². The van der Waals surface area contributed by atoms with Crippen molar-refractivity contribution in [3.63, 3.8) is 0 Å². The van der Waals surface area contributed by atoms with Gasteiger partial charge in [-0.1, -0.05) is 30.3 Å². The zero-order valence-electron chi connectivity index (χ0n) is 10.1. The lowest BCUT2D eigenvalue weighted by atomic mass is 10.2. The summed E-state index contributed by atoms with van der Waals surface area (Å²) in [6.07, 6.45) is -4.53. The zero-order chi connectivity index (χ0) is 15.0. The maximum atomic E-state index is 10.6. The van der Waals surface area contributed by atoms with Crippen LogP contribution in [0.2, 0.25) is 0 Å². The Balaban J connectivity index is 0.000000342. The number of hydrogen-bond donors (Lipinski definition) is 4. The minimum atomic E-state index is -2.27. The summed E-state index contributed by atoms with van der Waals surface area (Å²) in [5, 5.41) is 32.5. The van der Waals surface area contributed by atoms with Gasteiger partial charge in [0, 0.05) is 5.56 Å². The molecule has 0 saturated carbocycles. The molecule has 7 nitrogen and oxygen atoms in total. The molecule has 0 fully saturated rings. The Morgan fingerprint density at radius 2 is 1.26 bits per heavy atom. The van der Waals surface area contributed by atoms with Gasteiger partial charge in [0.15, 0.2) is 18.0 Å². The standard InChI is InChI=1S/C8H8O.C4H6O6/c1-7(9)8-5-3-2-4-6-8;5-1(3(7)8)2(6)4(9)10/h2-6H,1H3;1-2,5-6H,(H,7,8)(H,9,10). The molecule has 2 unspecified atom stereocenters. The number of aliphatic hydroxyl groups excluding tert-OH is 2. The van der Waals surface area contributed by atoms with Gasteiger partial charge in [-0.2, -0.15) is 0 Å². The molecule has 0 aromatic heterocycles. The average molecular weight is 270 g/mol. The van der Waals surface area contributed by atoms with E-state index in [0.29, 0.717) is 0 Å². The number of benzene rings is 1. The first kappa shape index (κ1) is 16.8. The maximum absolute atomic E-state index is 10.6. The number of Topliss-reactive ketones (excluding diaryl/α,β-unsaturated/α-hetero) is 1. The van der Waals surface area contributed by atoms with E-state index in [0.717, 1.165) is 5.56 Å². The van der Waals surface area contributed by atoms with E-state index in [9.17, 15) is 14.4 Å². The van der Waals surface area contributed by atoms with E-state index in [1.54, 1.807) is 6.92 Å². The van der Waals surface area contributed by atoms with Gasteiger partial charge in [0.2, 0.25) is 0 Å². The Morgan fingerprint density at radius 1 is 0.895 bits per heavy atom. The molecule has 0 aliphatic heterocycles. The first-order chi connectivity index (χ1) is 8.77. The van der Waals surface area contributed by atoms with Crippen LogP contribution in [0.4, 0.5) is 0 Å². The number of carboxylic acid groups (broad SMARTS) is 2. The van der Waals surface area contributed by atoms with Crippen LogP contribution in [0.15, 0.2) is 30.3 Å². The zero-order valence-corrected chi connectivity index (χ0v) is 10.1. The molecule has 104 valence electrons. The fourth-order valence-corrected chi connectivity index (χ4v) is 0.943. The van der Waals surface area contributed by atoms with E-state index in [4.69, 9.17) is 20.4 Å². The number of carbonyl (C=O) groups is 3. The third-order valence-corrected chi connectivity index (χ3v) is 1.99. The third-order valence-electron chi connectivity index (χ3n) is 1.99. The summed E-state index contributed by atoms with van der Waals surface area (Å²) in [7, 11) is 0. The predicted molar refractivity (Wildman–Crippen MR) is 63.7 cm³/mol. The van der Waals surface area contributed by atoms with Gasteiger partial charge in [-0.05, 0) is 6.92 Å². The molecule has 7 heteroatoms. The number of carbonyl (C=O) groups excluding carboxylic acids is 1. The molecule has 1 aromatic carbocycles. The maximum Gasteiger partial charge on any atom is 0.335 e. The topological polar surface area (TPSA) is 132 Å². The normalized spacial score (nSPS) is 12.6. The molecule has 0 saturated heterocycles. The van der Waals surface area contributed by atoms with Crippen LogP contribution in [-0.2, 0) is 9.59 Å². The molecule has 1 rings (SSSR count). The first-order valence-corrected chi connectivity index (χ1v) is 5.15. The number of ketones is 1. The number of aliphatic carboxylic acids is 2. The van der Waals surface area contributed by atoms with E-state index < -0.39 is 24.1 Å². The van der Waals surface area contributed by atoms with Gasteiger partial charge in [0.25, 0.3) is 0 Å². The van der Waals surface area contributed by atoms with E-state index in [1.807, 2.05) is 30.3 Å². The molecule has 0 heterocycles. The quantitative estimate of drug-likeness (QED) is 0.555. The van der Waals surface area contributed by atoms with Crippen LogP contribution in [0, 0.1) is 0 Å². The number of carboxylic acids is 2. The van der Waals surface area contributed by atoms with Crippen molar-refractivity contribution < 1.29 is 34.8 Å². The van der Waals surface area contributed by atoms with Crippen molar-refractivity contribution in [3.8, 4) is 0 Å². The molecule has 0 bridgehead atoms. The fraction of sp³-hybridized carbons (Fsp3) is 0.250. The average Bonchev–Trinajstić information content (AvgIpc) is 2.38. The largest absolute Gasteiger partial charge is 0.479 e. The van der Waals surface area contributed by atoms with Crippen molar-refractivity contribution in [2.24, 2.45) is 0 Å². The van der Waals surface area contributed by atoms with Crippen molar-refractivity contribution >= 4 is 17.7 Å². The van der Waals surface area contributed by atoms with Crippen LogP contribution in [0.25, 0.3) is 0 Å². The van der Waals surface area contributed by atoms with Crippen LogP contribution in [-0.4, -0.2) is 50.4 Å². The summed E-state index contributed by atoms with van der Waals surface area (Å²) >= 11 is 0. The minimum Gasteiger partial charge on any atom is -0.479 e. The Labute approximate surface area is 108 Å². The summed E-state index contributed by atoms with van der Waals surface area (Å²) in [6.45, 7) is 1.56. The number of hydrogen-bond acceptors (Lipinski definition) is 5. The highest BCUT2D eigenvalue weighted by atomic mass is 16.4. The molecule has 0 spiro atoms. The lowest BCUT2D eigenvalue weighted by Gasteiger charge is -2.07. The molecule has 4 N–H and O–H groups in total. The predicted octanol–water partition coefficient (Wildman–Crippen LogP) is -0.233. The van der Waals surface area contributed by atoms with Crippen molar-refractivity contribution in [3.05, 3.63) is 35.9 Å². The van der Waals surface area contributed by atoms with Crippen LogP contribution in [0.3, 0.4) is 0 Å². The van der Waals surface area contributed by atoms with Crippen molar-refractivity contribution in [2.75, 3.05) is 0 Å². The molecule has 1 aromatic rings. The monoisotopic (exact) mass is 270 g/mol. The van der Waals surface area contributed by atoms with Crippen LogP contribution < -0.4 is 0 Å². The van der Waals surface area contributed by atoms with Gasteiger partial charge in [-0.3, -0.25) is 4.79 Å². The molecule has 19 heavy (non-hydrogen) atoms. The van der Waals surface area contributed by atoms with Crippen LogP contribution in [0.5, 0.6) is 0 Å². The van der Waals surface area contributed by atoms with Gasteiger partial charge in [0.05, 0.1) is 0 Å². The summed E-state index contributed by atoms with van der Waals surface area (Å²) in [5.74, 6) is -3.42. The van der Waals surface area contributed by atoms with E-state index in [-0.39, 0.29) is 5.78 Å². The lowest BCUT2D eigenvalue weighted by molar-refractivity contribution is -0.165. The van der Waals surface area contributed by atoms with Crippen LogP contribution in [0.1, 0.15) is 17.3 Å². The third kappa shape index (κ3) is 6.29. The van der Waals surface area contributed by atoms with Crippen molar-refractivity contribution in [1.29, 1.82) is 0 Å². The number of aliphatic hydroxyl groups is 2. The van der Waals surface area contributed by atoms with E-state index in [1.165, 1.54) is 0 Å². The summed E-state index contributed by atoms with van der Waals surface area (Å²) in [4.78, 5) is 30.2. The van der Waals surface area contributed by atoms with Crippen molar-refractivity contribution in [1.82, 2.24) is 0 Å². The molecular weight excluding hydrogens is 256 g/mol. The van der Waals surface area contributed by atoms with E-state index >= 15 is 0 Å². The highest BCUT2D eigenvalue weighted by Crippen LogP contribution is 1.97. The molecular formula is C12H14O7. The van der Waals surface area contributed by atoms with Gasteiger partial charge in [-0.15, -0.1) is 0 Å². The SMILES string of the molecule is CC(=O)c1ccccc1.O=C(O)C(O)C(O)C(=O)O. The molecule has 0 amide bonds. The second-order valence-electron chi connectivity index (χ2n) is 3.49. The summed E-state index contributed by atoms with van der Waals surface area (Å²) < 4.78 is 0. The second-order valence-corrected chi connectivity index (χ2v) is 3.49. The van der Waals surface area contributed by atoms with Gasteiger partial charge in [-0.25, -0.2) is 9.59 Å². The second kappa shape index (κ2) is 7.96. The van der Waals surface area contributed by atoms with Gasteiger partial charge in [0.1, 0.15) is 0 Å².